The fourth-order valence-electron chi connectivity index (χ4n) is 3.08. The number of fused-ring (bicyclic) bond motifs is 1. The van der Waals surface area contributed by atoms with Crippen LogP contribution in [0.25, 0.3) is 0 Å². The van der Waals surface area contributed by atoms with Gasteiger partial charge in [-0.15, -0.1) is 0 Å². The Kier molecular flexibility index (Phi) is 3.49. The first kappa shape index (κ1) is 15.1. The van der Waals surface area contributed by atoms with Crippen molar-refractivity contribution in [1.29, 1.82) is 0 Å². The highest BCUT2D eigenvalue weighted by atomic mass is 32.2. The zero-order valence-electron chi connectivity index (χ0n) is 12.8. The second kappa shape index (κ2) is 5.10. The summed E-state index contributed by atoms with van der Waals surface area (Å²) in [5.74, 6) is -0.191. The lowest BCUT2D eigenvalue weighted by molar-refractivity contribution is 0.272. The van der Waals surface area contributed by atoms with E-state index in [1.54, 1.807) is 31.6 Å². The van der Waals surface area contributed by atoms with Crippen molar-refractivity contribution in [1.82, 2.24) is 9.78 Å². The molecule has 1 unspecified atom stereocenters. The third-order valence-electron chi connectivity index (χ3n) is 4.24. The number of benzene rings is 1. The van der Waals surface area contributed by atoms with Crippen molar-refractivity contribution in [2.75, 3.05) is 17.5 Å². The van der Waals surface area contributed by atoms with Crippen molar-refractivity contribution in [3.8, 4) is 0 Å². The largest absolute Gasteiger partial charge is 0.396 e. The summed E-state index contributed by atoms with van der Waals surface area (Å²) in [6, 6.07) is 7.32. The van der Waals surface area contributed by atoms with Crippen molar-refractivity contribution in [2.45, 2.75) is 24.7 Å². The average molecular weight is 321 g/mol. The molecule has 0 aliphatic carbocycles. The molecule has 1 aromatic carbocycles. The lowest BCUT2D eigenvalue weighted by Crippen LogP contribution is -2.31. The van der Waals surface area contributed by atoms with E-state index < -0.39 is 10.0 Å². The molecule has 0 saturated heterocycles. The maximum absolute atomic E-state index is 13.1. The van der Waals surface area contributed by atoms with E-state index in [0.717, 1.165) is 5.56 Å². The molecule has 1 aliphatic heterocycles. The van der Waals surface area contributed by atoms with Crippen molar-refractivity contribution >= 4 is 15.7 Å². The molecule has 118 valence electrons. The summed E-state index contributed by atoms with van der Waals surface area (Å²) < 4.78 is 29.2. The lowest BCUT2D eigenvalue weighted by Gasteiger charge is -2.20. The Morgan fingerprint density at radius 1 is 1.32 bits per heavy atom. The number of rotatable bonds is 3. The van der Waals surface area contributed by atoms with E-state index in [-0.39, 0.29) is 24.0 Å². The third kappa shape index (κ3) is 2.04. The van der Waals surface area contributed by atoms with Crippen LogP contribution in [-0.2, 0) is 17.1 Å². The number of nitrogens with zero attached hydrogens (tertiary/aromatic N) is 3. The first-order valence-corrected chi connectivity index (χ1v) is 8.54. The Morgan fingerprint density at radius 3 is 2.59 bits per heavy atom. The molecule has 3 rings (SSSR count). The molecule has 6 nitrogen and oxygen atoms in total. The van der Waals surface area contributed by atoms with Gasteiger partial charge in [0.05, 0.1) is 23.7 Å². The fourth-order valence-corrected chi connectivity index (χ4v) is 5.02. The van der Waals surface area contributed by atoms with Crippen molar-refractivity contribution in [3.05, 3.63) is 41.2 Å². The molecular weight excluding hydrogens is 302 g/mol. The fraction of sp³-hybridized carbons (Fsp3) is 0.400. The molecular formula is C15H19N3O3S. The van der Waals surface area contributed by atoms with Crippen LogP contribution in [-0.4, -0.2) is 36.5 Å². The van der Waals surface area contributed by atoms with Gasteiger partial charge >= 0.3 is 0 Å². The van der Waals surface area contributed by atoms with Crippen LogP contribution in [0.2, 0.25) is 0 Å². The molecule has 0 amide bonds. The van der Waals surface area contributed by atoms with Crippen LogP contribution in [0.3, 0.4) is 0 Å². The molecule has 7 heteroatoms. The van der Waals surface area contributed by atoms with Gasteiger partial charge in [0.2, 0.25) is 0 Å². The van der Waals surface area contributed by atoms with Crippen LogP contribution in [0.4, 0.5) is 5.69 Å². The zero-order chi connectivity index (χ0) is 16.1. The van der Waals surface area contributed by atoms with Gasteiger partial charge in [-0.1, -0.05) is 18.2 Å². The first-order chi connectivity index (χ1) is 10.4. The summed E-state index contributed by atoms with van der Waals surface area (Å²) in [6.07, 6.45) is 0. The van der Waals surface area contributed by atoms with Crippen molar-refractivity contribution in [3.63, 3.8) is 0 Å². The number of anilines is 1. The normalized spacial score (nSPS) is 17.8. The Morgan fingerprint density at radius 2 is 2.00 bits per heavy atom. The summed E-state index contributed by atoms with van der Waals surface area (Å²) in [7, 11) is -1.96. The molecule has 0 fully saturated rings. The van der Waals surface area contributed by atoms with Crippen molar-refractivity contribution < 1.29 is 13.5 Å². The summed E-state index contributed by atoms with van der Waals surface area (Å²) in [5.41, 5.74) is 2.62. The predicted molar refractivity (Wildman–Crippen MR) is 83.5 cm³/mol. The van der Waals surface area contributed by atoms with E-state index in [4.69, 9.17) is 0 Å². The molecule has 1 atom stereocenters. The number of aliphatic hydroxyl groups excluding tert-OH is 1. The van der Waals surface area contributed by atoms with E-state index in [1.807, 2.05) is 18.2 Å². The molecule has 2 heterocycles. The smallest absolute Gasteiger partial charge is 0.268 e. The Balaban J connectivity index is 2.15. The molecule has 1 N–H and O–H groups in total. The number of sulfonamides is 1. The van der Waals surface area contributed by atoms with Gasteiger partial charge in [0.15, 0.2) is 0 Å². The van der Waals surface area contributed by atoms with E-state index in [0.29, 0.717) is 17.1 Å². The Hall–Kier alpha value is -1.86. The van der Waals surface area contributed by atoms with Crippen LogP contribution in [0.15, 0.2) is 29.2 Å². The molecule has 0 spiro atoms. The van der Waals surface area contributed by atoms with Crippen LogP contribution in [0.5, 0.6) is 0 Å². The summed E-state index contributed by atoms with van der Waals surface area (Å²) in [6.45, 7) is 3.63. The van der Waals surface area contributed by atoms with Crippen LogP contribution in [0, 0.1) is 13.8 Å². The van der Waals surface area contributed by atoms with Crippen LogP contribution in [0.1, 0.15) is 22.9 Å². The van der Waals surface area contributed by atoms with Gasteiger partial charge in [-0.2, -0.15) is 5.10 Å². The molecule has 0 bridgehead atoms. The maximum Gasteiger partial charge on any atom is 0.268 e. The number of aliphatic hydroxyl groups is 1. The topological polar surface area (TPSA) is 75.4 Å². The number of hydrogen-bond acceptors (Lipinski definition) is 4. The molecule has 1 aliphatic rings. The van der Waals surface area contributed by atoms with E-state index in [2.05, 4.69) is 5.10 Å². The molecule has 0 saturated carbocycles. The first-order valence-electron chi connectivity index (χ1n) is 7.10. The predicted octanol–water partition coefficient (Wildman–Crippen LogP) is 1.32. The van der Waals surface area contributed by atoms with Gasteiger partial charge in [-0.3, -0.25) is 8.99 Å². The van der Waals surface area contributed by atoms with Gasteiger partial charge in [-0.05, 0) is 25.5 Å². The van der Waals surface area contributed by atoms with E-state index in [1.165, 1.54) is 4.31 Å². The quantitative estimate of drug-likeness (QED) is 0.925. The van der Waals surface area contributed by atoms with Crippen LogP contribution < -0.4 is 4.31 Å². The maximum atomic E-state index is 13.1. The van der Waals surface area contributed by atoms with Gasteiger partial charge in [-0.25, -0.2) is 8.42 Å². The molecule has 22 heavy (non-hydrogen) atoms. The van der Waals surface area contributed by atoms with E-state index >= 15 is 0 Å². The lowest BCUT2D eigenvalue weighted by atomic mass is 10.0. The van der Waals surface area contributed by atoms with Gasteiger partial charge < -0.3 is 5.11 Å². The highest BCUT2D eigenvalue weighted by Crippen LogP contribution is 2.40. The molecule has 1 aromatic heterocycles. The highest BCUT2D eigenvalue weighted by Gasteiger charge is 2.38. The third-order valence-corrected chi connectivity index (χ3v) is 6.28. The molecule has 2 aromatic rings. The van der Waals surface area contributed by atoms with Gasteiger partial charge in [0.25, 0.3) is 10.0 Å². The van der Waals surface area contributed by atoms with Gasteiger partial charge in [0, 0.05) is 19.5 Å². The number of hydrogen-bond donors (Lipinski definition) is 1. The van der Waals surface area contributed by atoms with Gasteiger partial charge in [0.1, 0.15) is 4.90 Å². The molecule has 0 radical (unpaired) electrons. The standard InChI is InChI=1S/C15H19N3O3S/c1-10-15(11(2)17(3)16-10)22(20,21)18-8-12(9-19)13-6-4-5-7-14(13)18/h4-7,12,19H,8-9H2,1-3H3. The zero-order valence-corrected chi connectivity index (χ0v) is 13.6. The minimum atomic E-state index is -3.70. The van der Waals surface area contributed by atoms with Crippen molar-refractivity contribution in [2.24, 2.45) is 7.05 Å². The number of aryl methyl sites for hydroxylation is 2. The second-order valence-electron chi connectivity index (χ2n) is 5.60. The van der Waals surface area contributed by atoms with Crippen LogP contribution >= 0.6 is 0 Å². The second-order valence-corrected chi connectivity index (χ2v) is 7.40. The summed E-state index contributed by atoms with van der Waals surface area (Å²) in [5, 5.41) is 13.7. The average Bonchev–Trinajstić information content (AvgIpc) is 2.97. The Labute approximate surface area is 130 Å². The monoisotopic (exact) mass is 321 g/mol. The SMILES string of the molecule is Cc1nn(C)c(C)c1S(=O)(=O)N1CC(CO)c2ccccc21. The summed E-state index contributed by atoms with van der Waals surface area (Å²) >= 11 is 0. The number of para-hydroxylation sites is 1. The minimum absolute atomic E-state index is 0.0754. The minimum Gasteiger partial charge on any atom is -0.396 e. The van der Waals surface area contributed by atoms with E-state index in [9.17, 15) is 13.5 Å². The Bertz CT molecular complexity index is 827. The summed E-state index contributed by atoms with van der Waals surface area (Å²) in [4.78, 5) is 0.253. The number of aromatic nitrogens is 2. The highest BCUT2D eigenvalue weighted by molar-refractivity contribution is 7.93.